The van der Waals surface area contributed by atoms with Crippen molar-refractivity contribution in [3.63, 3.8) is 0 Å². The summed E-state index contributed by atoms with van der Waals surface area (Å²) in [6, 6.07) is 14.2. The van der Waals surface area contributed by atoms with Crippen molar-refractivity contribution in [2.75, 3.05) is 6.23 Å². The molecule has 0 fully saturated rings. The lowest BCUT2D eigenvalue weighted by Crippen LogP contribution is -2.53. The van der Waals surface area contributed by atoms with Gasteiger partial charge in [0.05, 0.1) is 11.5 Å². The first-order chi connectivity index (χ1) is 17.0. The molecule has 2 aromatic rings. The van der Waals surface area contributed by atoms with Gasteiger partial charge in [-0.2, -0.15) is 13.5 Å². The molecule has 5 nitrogen and oxygen atoms in total. The molecule has 1 N–H and O–H groups in total. The van der Waals surface area contributed by atoms with E-state index in [2.05, 4.69) is 63.2 Å². The van der Waals surface area contributed by atoms with Crippen LogP contribution in [0.25, 0.3) is 0 Å². The Kier molecular flexibility index (Phi) is 10.4. The second-order valence-corrected chi connectivity index (χ2v) is 19.1. The molecule has 0 bridgehead atoms. The van der Waals surface area contributed by atoms with Crippen LogP contribution in [0.2, 0.25) is 11.6 Å². The Balaban J connectivity index is 2.45. The molecule has 0 spiro atoms. The van der Waals surface area contributed by atoms with Gasteiger partial charge in [-0.05, 0) is 52.0 Å². The van der Waals surface area contributed by atoms with Crippen molar-refractivity contribution in [1.82, 2.24) is 4.83 Å². The fraction of sp³-hybridized carbons (Fsp3) is 0.567. The lowest BCUT2D eigenvalue weighted by Gasteiger charge is -2.39. The molecule has 206 valence electrons. The van der Waals surface area contributed by atoms with Gasteiger partial charge in [-0.25, -0.2) is 4.83 Å². The minimum atomic E-state index is -3.87. The Bertz CT molecular complexity index is 1150. The average molecular weight is 545 g/mol. The predicted octanol–water partition coefficient (Wildman–Crippen LogP) is 7.88. The van der Waals surface area contributed by atoms with E-state index in [0.29, 0.717) is 23.7 Å². The van der Waals surface area contributed by atoms with E-state index in [9.17, 15) is 8.42 Å². The molecule has 7 heteroatoms. The van der Waals surface area contributed by atoms with E-state index < -0.39 is 18.1 Å². The van der Waals surface area contributed by atoms with Crippen LogP contribution in [0.1, 0.15) is 109 Å². The van der Waals surface area contributed by atoms with Gasteiger partial charge < -0.3 is 4.74 Å². The van der Waals surface area contributed by atoms with Gasteiger partial charge in [-0.1, -0.05) is 111 Å². The number of ether oxygens (including phenoxy) is 1. The molecule has 0 amide bonds. The molecule has 0 unspecified atom stereocenters. The quantitative estimate of drug-likeness (QED) is 0.178. The van der Waals surface area contributed by atoms with E-state index in [0.717, 1.165) is 27.6 Å². The zero-order chi connectivity index (χ0) is 28.2. The highest BCUT2D eigenvalue weighted by Crippen LogP contribution is 2.38. The van der Waals surface area contributed by atoms with E-state index in [1.54, 1.807) is 0 Å². The zero-order valence-corrected chi connectivity index (χ0v) is 26.6. The fourth-order valence-corrected chi connectivity index (χ4v) is 8.49. The molecule has 2 rings (SSSR count). The first-order valence-electron chi connectivity index (χ1n) is 13.4. The molecule has 0 radical (unpaired) electrons. The summed E-state index contributed by atoms with van der Waals surface area (Å²) in [6.45, 7) is 23.7. The van der Waals surface area contributed by atoms with Crippen LogP contribution >= 0.6 is 0 Å². The third kappa shape index (κ3) is 7.55. The lowest BCUT2D eigenvalue weighted by molar-refractivity contribution is 0.158. The standard InChI is InChI=1S/C30H48N2O3SSi/c1-21(2)26-17-27(22(3)4)29(28(18-26)23(5)6)36(33,34)32-31-24(7)37(11,30(8,9)10)20-35-19-25-15-13-12-14-16-25/h12-18,21-23,32H,19-20H2,1-11H3/b31-24+/t37-/m0/s1. The smallest absolute Gasteiger partial charge is 0.277 e. The van der Waals surface area contributed by atoms with Crippen molar-refractivity contribution >= 4 is 23.4 Å². The molecule has 37 heavy (non-hydrogen) atoms. The van der Waals surface area contributed by atoms with Crippen LogP contribution < -0.4 is 4.83 Å². The second-order valence-electron chi connectivity index (χ2n) is 12.3. The summed E-state index contributed by atoms with van der Waals surface area (Å²) in [6.07, 6.45) is 0.556. The summed E-state index contributed by atoms with van der Waals surface area (Å²) in [5.74, 6) is 0.441. The van der Waals surface area contributed by atoms with Gasteiger partial charge in [0.25, 0.3) is 10.0 Å². The van der Waals surface area contributed by atoms with Crippen LogP contribution in [-0.2, 0) is 21.4 Å². The number of hydrazone groups is 1. The molecule has 0 saturated heterocycles. The van der Waals surface area contributed by atoms with Crippen LogP contribution in [-0.4, -0.2) is 28.1 Å². The average Bonchev–Trinajstić information content (AvgIpc) is 2.81. The van der Waals surface area contributed by atoms with Crippen LogP contribution in [0.4, 0.5) is 0 Å². The maximum Gasteiger partial charge on any atom is 0.277 e. The molecule has 0 aliphatic heterocycles. The Morgan fingerprint density at radius 3 is 1.89 bits per heavy atom. The number of benzene rings is 2. The molecule has 2 aromatic carbocycles. The summed E-state index contributed by atoms with van der Waals surface area (Å²) in [7, 11) is -6.18. The number of hydrogen-bond donors (Lipinski definition) is 1. The van der Waals surface area contributed by atoms with Crippen LogP contribution in [0.15, 0.2) is 52.5 Å². The van der Waals surface area contributed by atoms with Crippen LogP contribution in [0.3, 0.4) is 0 Å². The molecule has 1 atom stereocenters. The minimum Gasteiger partial charge on any atom is -0.380 e. The molecular weight excluding hydrogens is 496 g/mol. The summed E-state index contributed by atoms with van der Waals surface area (Å²) in [4.78, 5) is 3.01. The normalized spacial score (nSPS) is 14.9. The molecule has 0 aliphatic carbocycles. The van der Waals surface area contributed by atoms with Crippen molar-refractivity contribution in [1.29, 1.82) is 0 Å². The Labute approximate surface area is 227 Å². The van der Waals surface area contributed by atoms with Gasteiger partial charge in [0.1, 0.15) is 8.07 Å². The summed E-state index contributed by atoms with van der Waals surface area (Å²) in [5.41, 5.74) is 3.97. The van der Waals surface area contributed by atoms with E-state index >= 15 is 0 Å². The Hall–Kier alpha value is -1.96. The molecule has 0 heterocycles. The predicted molar refractivity (Wildman–Crippen MR) is 160 cm³/mol. The lowest BCUT2D eigenvalue weighted by atomic mass is 9.89. The van der Waals surface area contributed by atoms with E-state index in [4.69, 9.17) is 4.74 Å². The second kappa shape index (κ2) is 12.3. The van der Waals surface area contributed by atoms with Gasteiger partial charge in [-0.15, -0.1) is 0 Å². The summed E-state index contributed by atoms with van der Waals surface area (Å²) < 4.78 is 33.8. The van der Waals surface area contributed by atoms with Gasteiger partial charge >= 0.3 is 0 Å². The molecule has 0 aliphatic rings. The highest BCUT2D eigenvalue weighted by atomic mass is 32.2. The molecule has 0 saturated carbocycles. The maximum atomic E-state index is 13.8. The van der Waals surface area contributed by atoms with Gasteiger partial charge in [0.15, 0.2) is 0 Å². The first-order valence-corrected chi connectivity index (χ1v) is 17.6. The molecular formula is C30H48N2O3SSi. The number of hydrogen-bond acceptors (Lipinski definition) is 4. The Morgan fingerprint density at radius 2 is 1.46 bits per heavy atom. The van der Waals surface area contributed by atoms with Crippen molar-refractivity contribution < 1.29 is 13.2 Å². The number of sulfonamides is 1. The third-order valence-corrected chi connectivity index (χ3v) is 14.8. The zero-order valence-electron chi connectivity index (χ0n) is 24.8. The van der Waals surface area contributed by atoms with Gasteiger partial charge in [0.2, 0.25) is 0 Å². The van der Waals surface area contributed by atoms with Crippen molar-refractivity contribution in [3.8, 4) is 0 Å². The monoisotopic (exact) mass is 544 g/mol. The molecule has 0 aromatic heterocycles. The van der Waals surface area contributed by atoms with E-state index in [1.807, 2.05) is 65.0 Å². The summed E-state index contributed by atoms with van der Waals surface area (Å²) >= 11 is 0. The third-order valence-electron chi connectivity index (χ3n) is 7.64. The number of nitrogens with one attached hydrogen (secondary N) is 1. The van der Waals surface area contributed by atoms with Crippen LogP contribution in [0, 0.1) is 0 Å². The highest BCUT2D eigenvalue weighted by molar-refractivity contribution is 7.89. The van der Waals surface area contributed by atoms with E-state index in [-0.39, 0.29) is 16.9 Å². The number of nitrogens with zero attached hydrogens (tertiary/aromatic N) is 1. The summed E-state index contributed by atoms with van der Waals surface area (Å²) in [5, 5.41) is 5.31. The minimum absolute atomic E-state index is 0.0634. The fourth-order valence-electron chi connectivity index (χ4n) is 4.31. The number of rotatable bonds is 11. The SMILES string of the molecule is C/C(=N\NS(=O)(=O)c1c(C(C)C)cc(C(C)C)cc1C(C)C)[Si@](C)(COCc1ccccc1)C(C)(C)C. The topological polar surface area (TPSA) is 67.8 Å². The van der Waals surface area contributed by atoms with Crippen molar-refractivity contribution in [3.05, 3.63) is 64.7 Å². The largest absolute Gasteiger partial charge is 0.380 e. The van der Waals surface area contributed by atoms with Crippen molar-refractivity contribution in [2.24, 2.45) is 5.10 Å². The maximum absolute atomic E-state index is 13.8. The van der Waals surface area contributed by atoms with Gasteiger partial charge in [0, 0.05) is 11.6 Å². The Morgan fingerprint density at radius 1 is 0.946 bits per heavy atom. The first kappa shape index (κ1) is 31.3. The van der Waals surface area contributed by atoms with Crippen molar-refractivity contribution in [2.45, 2.75) is 110 Å². The van der Waals surface area contributed by atoms with Crippen LogP contribution in [0.5, 0.6) is 0 Å². The van der Waals surface area contributed by atoms with E-state index in [1.165, 1.54) is 0 Å². The highest BCUT2D eigenvalue weighted by Gasteiger charge is 2.43. The van der Waals surface area contributed by atoms with Gasteiger partial charge in [-0.3, -0.25) is 0 Å².